The van der Waals surface area contributed by atoms with Crippen LogP contribution in [0.3, 0.4) is 0 Å². The summed E-state index contributed by atoms with van der Waals surface area (Å²) in [6.45, 7) is 0. The summed E-state index contributed by atoms with van der Waals surface area (Å²) in [5, 5.41) is 0. The highest BCUT2D eigenvalue weighted by Crippen LogP contribution is 2.45. The van der Waals surface area contributed by atoms with Gasteiger partial charge in [0.25, 0.3) is 0 Å². The van der Waals surface area contributed by atoms with Crippen molar-refractivity contribution in [2.45, 2.75) is 12.8 Å². The Labute approximate surface area is 500 Å². The van der Waals surface area contributed by atoms with Gasteiger partial charge < -0.3 is 0 Å². The van der Waals surface area contributed by atoms with E-state index in [1.165, 1.54) is 89.0 Å². The number of aromatic nitrogens is 6. The second-order valence-electron chi connectivity index (χ2n) is 21.7. The second-order valence-corrected chi connectivity index (χ2v) is 21.7. The van der Waals surface area contributed by atoms with Crippen molar-refractivity contribution in [3.63, 3.8) is 0 Å². The average Bonchev–Trinajstić information content (AvgIpc) is 1.96. The third-order valence-corrected chi connectivity index (χ3v) is 16.4. The van der Waals surface area contributed by atoms with Crippen LogP contribution in [0.4, 0.5) is 0 Å². The number of rotatable bonds is 10. The molecule has 0 spiro atoms. The molecule has 2 aromatic heterocycles. The normalized spacial score (nSPS) is 11.6. The number of hydrogen-bond acceptors (Lipinski definition) is 6. The molecular formula is C80H54N6. The molecule has 0 saturated carbocycles. The molecule has 0 saturated heterocycles. The maximum Gasteiger partial charge on any atom is 0.164 e. The van der Waals surface area contributed by atoms with Crippen molar-refractivity contribution in [3.8, 4) is 135 Å². The molecule has 2 aliphatic carbocycles. The van der Waals surface area contributed by atoms with Crippen LogP contribution in [0.1, 0.15) is 22.3 Å². The Balaban J connectivity index is 0.000000145. The molecule has 16 rings (SSSR count). The van der Waals surface area contributed by atoms with E-state index < -0.39 is 0 Å². The molecule has 2 aliphatic rings. The van der Waals surface area contributed by atoms with Gasteiger partial charge >= 0.3 is 0 Å². The fourth-order valence-corrected chi connectivity index (χ4v) is 12.0. The summed E-state index contributed by atoms with van der Waals surface area (Å²) in [5.74, 6) is 4.12. The number of hydrogen-bond donors (Lipinski definition) is 0. The molecule has 86 heavy (non-hydrogen) atoms. The van der Waals surface area contributed by atoms with Gasteiger partial charge in [-0.15, -0.1) is 0 Å². The van der Waals surface area contributed by atoms with E-state index in [4.69, 9.17) is 29.9 Å². The Hall–Kier alpha value is -11.3. The van der Waals surface area contributed by atoms with Gasteiger partial charge in [-0.1, -0.05) is 285 Å². The third kappa shape index (κ3) is 10.3. The Morgan fingerprint density at radius 2 is 0.407 bits per heavy atom. The minimum absolute atomic E-state index is 0.679. The molecule has 0 atom stereocenters. The van der Waals surface area contributed by atoms with Gasteiger partial charge in [0.05, 0.1) is 0 Å². The quantitative estimate of drug-likeness (QED) is 0.136. The summed E-state index contributed by atoms with van der Waals surface area (Å²) in [7, 11) is 0. The van der Waals surface area contributed by atoms with E-state index in [2.05, 4.69) is 182 Å². The van der Waals surface area contributed by atoms with Gasteiger partial charge in [-0.3, -0.25) is 0 Å². The maximum atomic E-state index is 5.02. The van der Waals surface area contributed by atoms with Crippen LogP contribution < -0.4 is 0 Å². The lowest BCUT2D eigenvalue weighted by Gasteiger charge is -2.11. The molecule has 0 bridgehead atoms. The SMILES string of the molecule is c1ccc(-c2ccc(-c3ccc4c(c3)-c3cccc(-c5nc(-c6ccccc6)nc(-c6ccccc6)n5)c3C4)cc2)cc1.c1ccc(-c2cccc(-c3ccc4c(c3)-c3cccc(-c5nc(-c6ccccc6)nc(-c6ccccc6)n5)c3C4)c2)cc1. The predicted octanol–water partition coefficient (Wildman–Crippen LogP) is 19.6. The van der Waals surface area contributed by atoms with Gasteiger partial charge in [-0.2, -0.15) is 0 Å². The van der Waals surface area contributed by atoms with Crippen LogP contribution in [0.2, 0.25) is 0 Å². The first-order chi connectivity index (χ1) is 42.6. The number of nitrogens with zero attached hydrogens (tertiary/aromatic N) is 6. The summed E-state index contributed by atoms with van der Waals surface area (Å²) >= 11 is 0. The molecule has 0 aliphatic heterocycles. The fourth-order valence-electron chi connectivity index (χ4n) is 12.0. The number of benzene rings is 12. The lowest BCUT2D eigenvalue weighted by Crippen LogP contribution is -2.01. The molecule has 2 heterocycles. The van der Waals surface area contributed by atoms with Crippen LogP contribution in [0.5, 0.6) is 0 Å². The highest BCUT2D eigenvalue weighted by Gasteiger charge is 2.26. The Morgan fingerprint density at radius 3 is 0.791 bits per heavy atom. The molecule has 0 radical (unpaired) electrons. The van der Waals surface area contributed by atoms with Crippen molar-refractivity contribution < 1.29 is 0 Å². The highest BCUT2D eigenvalue weighted by molar-refractivity contribution is 5.89. The Morgan fingerprint density at radius 1 is 0.163 bits per heavy atom. The lowest BCUT2D eigenvalue weighted by molar-refractivity contribution is 1.07. The predicted molar refractivity (Wildman–Crippen MR) is 350 cm³/mol. The molecule has 14 aromatic rings. The molecular weight excluding hydrogens is 1040 g/mol. The zero-order chi connectivity index (χ0) is 57.2. The standard InChI is InChI=1S/2C40H27N3/c1-4-12-27(13-5-1)30-18-10-19-31(24-30)32-22-23-33-26-37-34(36(33)25-32)20-11-21-35(37)40-42-38(28-14-6-2-7-15-28)41-39(43-40)29-16-8-3-9-17-29;1-4-11-27(12-5-1)28-19-21-29(22-20-28)32-23-24-33-26-37-34(36(33)25-32)17-10-18-35(37)40-42-38(30-13-6-2-7-14-30)41-39(43-40)31-15-8-3-9-16-31/h2*1-25H,26H2. The van der Waals surface area contributed by atoms with E-state index in [9.17, 15) is 0 Å². The molecule has 6 heteroatoms. The van der Waals surface area contributed by atoms with E-state index in [1.54, 1.807) is 0 Å². The first-order valence-electron chi connectivity index (χ1n) is 29.2. The van der Waals surface area contributed by atoms with Crippen molar-refractivity contribution >= 4 is 0 Å². The molecule has 0 N–H and O–H groups in total. The van der Waals surface area contributed by atoms with Crippen LogP contribution in [0.25, 0.3) is 135 Å². The molecule has 0 unspecified atom stereocenters. The third-order valence-electron chi connectivity index (χ3n) is 16.4. The Kier molecular flexibility index (Phi) is 13.7. The van der Waals surface area contributed by atoms with E-state index in [-0.39, 0.29) is 0 Å². The fraction of sp³-hybridized carbons (Fsp3) is 0.0250. The number of fused-ring (bicyclic) bond motifs is 6. The van der Waals surface area contributed by atoms with Crippen molar-refractivity contribution in [1.29, 1.82) is 0 Å². The summed E-state index contributed by atoms with van der Waals surface area (Å²) in [5.41, 5.74) is 26.0. The molecule has 6 nitrogen and oxygen atoms in total. The van der Waals surface area contributed by atoms with Gasteiger partial charge in [0.1, 0.15) is 0 Å². The van der Waals surface area contributed by atoms with Crippen LogP contribution in [-0.4, -0.2) is 29.9 Å². The van der Waals surface area contributed by atoms with Crippen LogP contribution >= 0.6 is 0 Å². The minimum atomic E-state index is 0.679. The lowest BCUT2D eigenvalue weighted by atomic mass is 9.95. The minimum Gasteiger partial charge on any atom is -0.208 e. The van der Waals surface area contributed by atoms with Crippen LogP contribution in [0, 0.1) is 0 Å². The first-order valence-corrected chi connectivity index (χ1v) is 29.2. The first kappa shape index (κ1) is 51.5. The Bertz CT molecular complexity index is 4650. The second kappa shape index (κ2) is 22.8. The van der Waals surface area contributed by atoms with Crippen molar-refractivity contribution in [3.05, 3.63) is 326 Å². The summed E-state index contributed by atoms with van der Waals surface area (Å²) in [4.78, 5) is 29.8. The molecule has 0 amide bonds. The van der Waals surface area contributed by atoms with E-state index in [1.807, 2.05) is 121 Å². The summed E-state index contributed by atoms with van der Waals surface area (Å²) in [6, 6.07) is 106. The average molecular weight is 1100 g/mol. The van der Waals surface area contributed by atoms with Gasteiger partial charge in [0.15, 0.2) is 34.9 Å². The van der Waals surface area contributed by atoms with Gasteiger partial charge in [-0.05, 0) is 120 Å². The van der Waals surface area contributed by atoms with Crippen molar-refractivity contribution in [2.24, 2.45) is 0 Å². The smallest absolute Gasteiger partial charge is 0.164 e. The molecule has 404 valence electrons. The molecule has 0 fully saturated rings. The van der Waals surface area contributed by atoms with Crippen LogP contribution in [-0.2, 0) is 12.8 Å². The van der Waals surface area contributed by atoms with E-state index >= 15 is 0 Å². The summed E-state index contributed by atoms with van der Waals surface area (Å²) < 4.78 is 0. The van der Waals surface area contributed by atoms with Gasteiger partial charge in [-0.25, -0.2) is 29.9 Å². The highest BCUT2D eigenvalue weighted by atomic mass is 15.0. The zero-order valence-electron chi connectivity index (χ0n) is 47.0. The van der Waals surface area contributed by atoms with Gasteiger partial charge in [0.2, 0.25) is 0 Å². The zero-order valence-corrected chi connectivity index (χ0v) is 47.0. The molecule has 12 aromatic carbocycles. The summed E-state index contributed by atoms with van der Waals surface area (Å²) in [6.07, 6.45) is 1.69. The van der Waals surface area contributed by atoms with E-state index in [0.717, 1.165) is 46.2 Å². The monoisotopic (exact) mass is 1100 g/mol. The topological polar surface area (TPSA) is 77.3 Å². The van der Waals surface area contributed by atoms with Crippen molar-refractivity contribution in [1.82, 2.24) is 29.9 Å². The van der Waals surface area contributed by atoms with Crippen LogP contribution in [0.15, 0.2) is 303 Å². The van der Waals surface area contributed by atoms with Gasteiger partial charge in [0, 0.05) is 33.4 Å². The van der Waals surface area contributed by atoms with Crippen molar-refractivity contribution in [2.75, 3.05) is 0 Å². The van der Waals surface area contributed by atoms with E-state index in [0.29, 0.717) is 34.9 Å². The largest absolute Gasteiger partial charge is 0.208 e. The maximum absolute atomic E-state index is 5.02.